The smallest absolute Gasteiger partial charge is 0.234 e. The summed E-state index contributed by atoms with van der Waals surface area (Å²) >= 11 is 0. The molecular formula is C16H26ClN3O3S. The molecule has 1 aliphatic heterocycles. The minimum absolute atomic E-state index is 0. The second-order valence-corrected chi connectivity index (χ2v) is 7.34. The molecule has 6 nitrogen and oxygen atoms in total. The Hall–Kier alpha value is -1.47. The van der Waals surface area contributed by atoms with Gasteiger partial charge in [0.05, 0.1) is 33.5 Å². The fourth-order valence-electron chi connectivity index (χ4n) is 2.43. The van der Waals surface area contributed by atoms with Gasteiger partial charge < -0.3 is 14.4 Å². The van der Waals surface area contributed by atoms with Crippen LogP contribution >= 0.6 is 12.4 Å². The summed E-state index contributed by atoms with van der Waals surface area (Å²) in [5, 5.41) is 0. The van der Waals surface area contributed by atoms with Crippen LogP contribution < -0.4 is 9.47 Å². The maximum atomic E-state index is 13.0. The summed E-state index contributed by atoms with van der Waals surface area (Å²) in [4.78, 5) is 7.17. The molecule has 136 valence electrons. The van der Waals surface area contributed by atoms with Gasteiger partial charge in [-0.1, -0.05) is 0 Å². The lowest BCUT2D eigenvalue weighted by Crippen LogP contribution is -2.31. The van der Waals surface area contributed by atoms with Crippen molar-refractivity contribution in [3.63, 3.8) is 0 Å². The van der Waals surface area contributed by atoms with Crippen LogP contribution in [0, 0.1) is 0 Å². The van der Waals surface area contributed by atoms with Gasteiger partial charge in [0.1, 0.15) is 0 Å². The Balaban J connectivity index is 0.00000288. The maximum Gasteiger partial charge on any atom is 0.234 e. The number of hydrogen-bond acceptors (Lipinski definition) is 6. The van der Waals surface area contributed by atoms with E-state index in [0.29, 0.717) is 41.3 Å². The molecule has 1 aromatic carbocycles. The van der Waals surface area contributed by atoms with Crippen LogP contribution in [0.25, 0.3) is 0 Å². The van der Waals surface area contributed by atoms with Gasteiger partial charge in [0.2, 0.25) is 5.96 Å². The lowest BCUT2D eigenvalue weighted by Gasteiger charge is -2.24. The van der Waals surface area contributed by atoms with Gasteiger partial charge >= 0.3 is 0 Å². The summed E-state index contributed by atoms with van der Waals surface area (Å²) in [6, 6.07) is 3.54. The quantitative estimate of drug-likeness (QED) is 0.760. The van der Waals surface area contributed by atoms with E-state index in [-0.39, 0.29) is 12.4 Å². The third kappa shape index (κ3) is 4.13. The molecule has 0 saturated carbocycles. The third-order valence-electron chi connectivity index (χ3n) is 3.56. The highest BCUT2D eigenvalue weighted by Gasteiger charge is 2.24. The fourth-order valence-corrected chi connectivity index (χ4v) is 3.81. The highest BCUT2D eigenvalue weighted by Crippen LogP contribution is 2.40. The van der Waals surface area contributed by atoms with Crippen LogP contribution in [0.3, 0.4) is 0 Å². The van der Waals surface area contributed by atoms with Crippen LogP contribution in [-0.4, -0.2) is 47.6 Å². The monoisotopic (exact) mass is 375 g/mol. The molecule has 1 unspecified atom stereocenters. The van der Waals surface area contributed by atoms with Crippen LogP contribution in [-0.2, 0) is 9.73 Å². The largest absolute Gasteiger partial charge is 0.490 e. The van der Waals surface area contributed by atoms with E-state index in [9.17, 15) is 4.21 Å². The van der Waals surface area contributed by atoms with E-state index in [1.54, 1.807) is 18.4 Å². The first-order chi connectivity index (χ1) is 11.0. The molecule has 0 saturated heterocycles. The van der Waals surface area contributed by atoms with Gasteiger partial charge in [-0.05, 0) is 27.7 Å². The number of fused-ring (bicyclic) bond motifs is 1. The predicted molar refractivity (Wildman–Crippen MR) is 101 cm³/mol. The van der Waals surface area contributed by atoms with E-state index in [4.69, 9.17) is 9.47 Å². The zero-order chi connectivity index (χ0) is 17.0. The summed E-state index contributed by atoms with van der Waals surface area (Å²) in [5.41, 5.74) is 0.640. The molecule has 1 aliphatic rings. The van der Waals surface area contributed by atoms with Crippen molar-refractivity contribution in [1.29, 1.82) is 0 Å². The molecule has 0 spiro atoms. The topological polar surface area (TPSA) is 63.5 Å². The Morgan fingerprint density at radius 1 is 1.04 bits per heavy atom. The van der Waals surface area contributed by atoms with Gasteiger partial charge in [-0.2, -0.15) is 4.36 Å². The molecule has 2 rings (SSSR count). The van der Waals surface area contributed by atoms with E-state index in [1.165, 1.54) is 0 Å². The van der Waals surface area contributed by atoms with Crippen molar-refractivity contribution in [2.24, 2.45) is 9.36 Å². The van der Waals surface area contributed by atoms with Crippen molar-refractivity contribution < 1.29 is 13.7 Å². The second-order valence-electron chi connectivity index (χ2n) is 5.11. The van der Waals surface area contributed by atoms with Crippen molar-refractivity contribution in [2.45, 2.75) is 32.6 Å². The van der Waals surface area contributed by atoms with Crippen molar-refractivity contribution in [2.75, 3.05) is 32.6 Å². The fraction of sp³-hybridized carbons (Fsp3) is 0.562. The summed E-state index contributed by atoms with van der Waals surface area (Å²) in [5.74, 6) is 1.72. The molecular weight excluding hydrogens is 350 g/mol. The number of guanidine groups is 1. The standard InChI is InChI=1S/C16H25N3O3S.ClH/c1-6-19(7-2)16-17-12-10-13(21-8-3)14(22-9-4)11-15(12)23(5,20)18-16;/h10-11H,6-9H2,1-5H3;1H. The number of halogens is 1. The summed E-state index contributed by atoms with van der Waals surface area (Å²) in [6.45, 7) is 10.4. The molecule has 1 atom stereocenters. The SMILES string of the molecule is CCOc1cc2c(cc1OCC)S(C)(=O)=NC(N(CC)CC)=N2.Cl. The van der Waals surface area contributed by atoms with E-state index >= 15 is 0 Å². The number of nitrogens with zero attached hydrogens (tertiary/aromatic N) is 3. The minimum atomic E-state index is -2.56. The summed E-state index contributed by atoms with van der Waals surface area (Å²) < 4.78 is 28.7. The van der Waals surface area contributed by atoms with Gasteiger partial charge in [0, 0.05) is 31.5 Å². The normalized spacial score (nSPS) is 18.6. The Morgan fingerprint density at radius 3 is 2.08 bits per heavy atom. The van der Waals surface area contributed by atoms with Crippen LogP contribution in [0.15, 0.2) is 26.4 Å². The zero-order valence-corrected chi connectivity index (χ0v) is 16.5. The van der Waals surface area contributed by atoms with E-state index in [2.05, 4.69) is 9.36 Å². The number of aliphatic imine (C=N–C) groups is 1. The molecule has 0 aromatic heterocycles. The van der Waals surface area contributed by atoms with Crippen LogP contribution in [0.1, 0.15) is 27.7 Å². The average molecular weight is 376 g/mol. The Morgan fingerprint density at radius 2 is 1.58 bits per heavy atom. The van der Waals surface area contributed by atoms with Crippen molar-refractivity contribution in [3.8, 4) is 11.5 Å². The summed E-state index contributed by atoms with van der Waals surface area (Å²) in [6.07, 6.45) is 1.64. The number of hydrogen-bond donors (Lipinski definition) is 0. The molecule has 1 aromatic rings. The maximum absolute atomic E-state index is 13.0. The molecule has 8 heteroatoms. The first-order valence-corrected chi connectivity index (χ1v) is 9.88. The van der Waals surface area contributed by atoms with Crippen LogP contribution in [0.5, 0.6) is 11.5 Å². The molecule has 0 fully saturated rings. The summed E-state index contributed by atoms with van der Waals surface area (Å²) in [7, 11) is -2.56. The number of rotatable bonds is 6. The highest BCUT2D eigenvalue weighted by molar-refractivity contribution is 7.93. The van der Waals surface area contributed by atoms with E-state index in [0.717, 1.165) is 13.1 Å². The van der Waals surface area contributed by atoms with Crippen molar-refractivity contribution in [3.05, 3.63) is 12.1 Å². The lowest BCUT2D eigenvalue weighted by atomic mass is 10.2. The molecule has 0 aliphatic carbocycles. The van der Waals surface area contributed by atoms with Crippen LogP contribution in [0.2, 0.25) is 0 Å². The molecule has 24 heavy (non-hydrogen) atoms. The first-order valence-electron chi connectivity index (χ1n) is 7.96. The average Bonchev–Trinajstić information content (AvgIpc) is 2.50. The molecule has 0 radical (unpaired) electrons. The van der Waals surface area contributed by atoms with Gasteiger partial charge in [-0.3, -0.25) is 0 Å². The zero-order valence-electron chi connectivity index (χ0n) is 14.9. The second kappa shape index (κ2) is 8.58. The lowest BCUT2D eigenvalue weighted by molar-refractivity contribution is 0.287. The Bertz CT molecular complexity index is 724. The van der Waals surface area contributed by atoms with Crippen LogP contribution in [0.4, 0.5) is 5.69 Å². The van der Waals surface area contributed by atoms with E-state index in [1.807, 2.05) is 32.6 Å². The van der Waals surface area contributed by atoms with Gasteiger partial charge in [0.15, 0.2) is 11.5 Å². The minimum Gasteiger partial charge on any atom is -0.490 e. The Labute approximate surface area is 150 Å². The molecule has 0 bridgehead atoms. The molecule has 1 heterocycles. The highest BCUT2D eigenvalue weighted by atomic mass is 35.5. The van der Waals surface area contributed by atoms with Crippen molar-refractivity contribution in [1.82, 2.24) is 4.90 Å². The Kier molecular flexibility index (Phi) is 7.35. The molecule has 0 amide bonds. The molecule has 0 N–H and O–H groups in total. The third-order valence-corrected chi connectivity index (χ3v) is 5.21. The predicted octanol–water partition coefficient (Wildman–Crippen LogP) is 3.71. The number of benzene rings is 1. The van der Waals surface area contributed by atoms with E-state index < -0.39 is 9.73 Å². The number of ether oxygens (including phenoxy) is 2. The van der Waals surface area contributed by atoms with Gasteiger partial charge in [-0.15, -0.1) is 12.4 Å². The van der Waals surface area contributed by atoms with Gasteiger partial charge in [0.25, 0.3) is 0 Å². The van der Waals surface area contributed by atoms with Gasteiger partial charge in [-0.25, -0.2) is 9.20 Å². The first kappa shape index (κ1) is 20.6. The van der Waals surface area contributed by atoms with Crippen molar-refractivity contribution >= 4 is 33.8 Å².